The highest BCUT2D eigenvalue weighted by Crippen LogP contribution is 2.34. The molecule has 6 nitrogen and oxygen atoms in total. The molecule has 0 aromatic heterocycles. The molecule has 1 fully saturated rings. The van der Waals surface area contributed by atoms with Crippen molar-refractivity contribution in [2.75, 3.05) is 13.1 Å². The topological polar surface area (TPSA) is 94.9 Å². The average molecular weight is 215 g/mol. The highest BCUT2D eigenvalue weighted by molar-refractivity contribution is 5.78. The molecule has 0 spiro atoms. The Labute approximate surface area is 86.5 Å². The van der Waals surface area contributed by atoms with E-state index in [9.17, 15) is 14.4 Å². The van der Waals surface area contributed by atoms with E-state index >= 15 is 0 Å². The summed E-state index contributed by atoms with van der Waals surface area (Å²) in [7, 11) is 0. The molecule has 0 saturated carbocycles. The van der Waals surface area contributed by atoms with Crippen molar-refractivity contribution in [3.63, 3.8) is 0 Å². The molecule has 1 aliphatic rings. The van der Waals surface area contributed by atoms with Gasteiger partial charge < -0.3 is 19.9 Å². The second-order valence-electron chi connectivity index (χ2n) is 3.73. The third-order valence-electron chi connectivity index (χ3n) is 2.92. The molecule has 84 valence electrons. The van der Waals surface area contributed by atoms with E-state index < -0.39 is 17.5 Å². The van der Waals surface area contributed by atoms with Gasteiger partial charge in [0.05, 0.1) is 5.41 Å². The molecule has 15 heavy (non-hydrogen) atoms. The number of amides is 1. The summed E-state index contributed by atoms with van der Waals surface area (Å²) in [5, 5.41) is 17.7. The highest BCUT2D eigenvalue weighted by Gasteiger charge is 2.42. The van der Waals surface area contributed by atoms with Gasteiger partial charge in [0, 0.05) is 19.5 Å². The van der Waals surface area contributed by atoms with Gasteiger partial charge in [-0.1, -0.05) is 0 Å². The summed E-state index contributed by atoms with van der Waals surface area (Å²) in [6.07, 6.45) is -0.0961. The van der Waals surface area contributed by atoms with Gasteiger partial charge in [0.2, 0.25) is 0 Å². The molecule has 1 heterocycles. The second-order valence-corrected chi connectivity index (χ2v) is 3.73. The van der Waals surface area contributed by atoms with Gasteiger partial charge >= 0.3 is 12.1 Å². The highest BCUT2D eigenvalue weighted by atomic mass is 16.4. The molecule has 1 rings (SSSR count). The Morgan fingerprint density at radius 1 is 1.27 bits per heavy atom. The minimum atomic E-state index is -1.06. The van der Waals surface area contributed by atoms with Crippen LogP contribution >= 0.6 is 0 Å². The first-order valence-corrected chi connectivity index (χ1v) is 4.67. The molecule has 1 amide bonds. The number of carboxylic acid groups (broad SMARTS) is 2. The molecule has 0 aromatic rings. The summed E-state index contributed by atoms with van der Waals surface area (Å²) in [5.74, 6) is -1.01. The first-order chi connectivity index (χ1) is 7.02. The van der Waals surface area contributed by atoms with E-state index in [0.717, 1.165) is 0 Å². The lowest BCUT2D eigenvalue weighted by Gasteiger charge is -2.36. The van der Waals surface area contributed by atoms with Gasteiger partial charge in [0.1, 0.15) is 6.29 Å². The zero-order chi connectivity index (χ0) is 11.5. The third kappa shape index (κ3) is 2.26. The Balaban J connectivity index is 2.69. The molecule has 1 aliphatic heterocycles. The number of hydrogen-bond donors (Lipinski definition) is 2. The lowest BCUT2D eigenvalue weighted by atomic mass is 9.76. The van der Waals surface area contributed by atoms with E-state index in [1.165, 1.54) is 4.90 Å². The van der Waals surface area contributed by atoms with Crippen LogP contribution in [-0.4, -0.2) is 46.6 Å². The maximum absolute atomic E-state index is 11.0. The SMILES string of the molecule is O=CCC1(C(=O)O)CCN(C(=O)O)CC1. The van der Waals surface area contributed by atoms with E-state index in [-0.39, 0.29) is 32.4 Å². The molecular formula is C9H13NO5. The monoisotopic (exact) mass is 215 g/mol. The maximum Gasteiger partial charge on any atom is 0.407 e. The van der Waals surface area contributed by atoms with Crippen molar-refractivity contribution in [3.05, 3.63) is 0 Å². The summed E-state index contributed by atoms with van der Waals surface area (Å²) in [4.78, 5) is 33.2. The van der Waals surface area contributed by atoms with Crippen molar-refractivity contribution in [2.45, 2.75) is 19.3 Å². The molecule has 0 radical (unpaired) electrons. The van der Waals surface area contributed by atoms with E-state index in [4.69, 9.17) is 10.2 Å². The molecule has 0 aliphatic carbocycles. The van der Waals surface area contributed by atoms with E-state index in [0.29, 0.717) is 6.29 Å². The Hall–Kier alpha value is -1.59. The van der Waals surface area contributed by atoms with E-state index in [1.807, 2.05) is 0 Å². The fourth-order valence-electron chi connectivity index (χ4n) is 1.79. The Bertz CT molecular complexity index is 280. The van der Waals surface area contributed by atoms with Gasteiger partial charge in [-0.25, -0.2) is 4.79 Å². The van der Waals surface area contributed by atoms with Crippen molar-refractivity contribution in [2.24, 2.45) is 5.41 Å². The largest absolute Gasteiger partial charge is 0.481 e. The van der Waals surface area contributed by atoms with Crippen molar-refractivity contribution < 1.29 is 24.6 Å². The Kier molecular flexibility index (Phi) is 3.28. The van der Waals surface area contributed by atoms with Gasteiger partial charge in [-0.2, -0.15) is 0 Å². The fraction of sp³-hybridized carbons (Fsp3) is 0.667. The number of carbonyl (C=O) groups is 3. The first-order valence-electron chi connectivity index (χ1n) is 4.67. The molecule has 1 saturated heterocycles. The predicted molar refractivity (Wildman–Crippen MR) is 49.6 cm³/mol. The smallest absolute Gasteiger partial charge is 0.407 e. The Morgan fingerprint density at radius 2 is 1.80 bits per heavy atom. The van der Waals surface area contributed by atoms with Crippen LogP contribution in [0.25, 0.3) is 0 Å². The van der Waals surface area contributed by atoms with Gasteiger partial charge in [-0.05, 0) is 12.8 Å². The maximum atomic E-state index is 11.0. The standard InChI is InChI=1S/C9H13NO5/c11-6-3-9(7(12)13)1-4-10(5-2-9)8(14)15/h6H,1-5H2,(H,12,13)(H,14,15). The molecule has 0 unspecified atom stereocenters. The first kappa shape index (κ1) is 11.5. The summed E-state index contributed by atoms with van der Waals surface area (Å²) in [6.45, 7) is 0.352. The lowest BCUT2D eigenvalue weighted by molar-refractivity contribution is -0.153. The fourth-order valence-corrected chi connectivity index (χ4v) is 1.79. The molecule has 2 N–H and O–H groups in total. The van der Waals surface area contributed by atoms with Crippen LogP contribution in [0.5, 0.6) is 0 Å². The number of carbonyl (C=O) groups excluding carboxylic acids is 1. The van der Waals surface area contributed by atoms with Gasteiger partial charge in [0.15, 0.2) is 0 Å². The summed E-state index contributed by atoms with van der Waals surface area (Å²) in [5.41, 5.74) is -1.06. The number of rotatable bonds is 3. The predicted octanol–water partition coefficient (Wildman–Crippen LogP) is 0.420. The number of piperidine rings is 1. The van der Waals surface area contributed by atoms with Crippen LogP contribution in [0.2, 0.25) is 0 Å². The van der Waals surface area contributed by atoms with Gasteiger partial charge in [-0.15, -0.1) is 0 Å². The van der Waals surface area contributed by atoms with Gasteiger partial charge in [-0.3, -0.25) is 4.79 Å². The zero-order valence-corrected chi connectivity index (χ0v) is 8.18. The van der Waals surface area contributed by atoms with Crippen LogP contribution in [0.4, 0.5) is 4.79 Å². The normalized spacial score (nSPS) is 19.6. The number of hydrogen-bond acceptors (Lipinski definition) is 3. The molecule has 0 atom stereocenters. The lowest BCUT2D eigenvalue weighted by Crippen LogP contribution is -2.46. The van der Waals surface area contributed by atoms with Crippen molar-refractivity contribution in [1.29, 1.82) is 0 Å². The summed E-state index contributed by atoms with van der Waals surface area (Å²) in [6, 6.07) is 0. The van der Waals surface area contributed by atoms with Crippen LogP contribution in [0, 0.1) is 5.41 Å². The summed E-state index contributed by atoms with van der Waals surface area (Å²) >= 11 is 0. The minimum Gasteiger partial charge on any atom is -0.481 e. The van der Waals surface area contributed by atoms with Crippen LogP contribution in [-0.2, 0) is 9.59 Å². The average Bonchev–Trinajstić information content (AvgIpc) is 2.18. The van der Waals surface area contributed by atoms with E-state index in [2.05, 4.69) is 0 Å². The zero-order valence-electron chi connectivity index (χ0n) is 8.18. The quantitative estimate of drug-likeness (QED) is 0.665. The third-order valence-corrected chi connectivity index (χ3v) is 2.92. The summed E-state index contributed by atoms with van der Waals surface area (Å²) < 4.78 is 0. The van der Waals surface area contributed by atoms with Gasteiger partial charge in [0.25, 0.3) is 0 Å². The molecule has 0 aromatic carbocycles. The van der Waals surface area contributed by atoms with Crippen LogP contribution in [0.3, 0.4) is 0 Å². The van der Waals surface area contributed by atoms with Crippen molar-refractivity contribution in [3.8, 4) is 0 Å². The Morgan fingerprint density at radius 3 is 2.13 bits per heavy atom. The van der Waals surface area contributed by atoms with Crippen molar-refractivity contribution in [1.82, 2.24) is 4.90 Å². The van der Waals surface area contributed by atoms with Crippen LogP contribution in [0.15, 0.2) is 0 Å². The number of aliphatic carboxylic acids is 1. The molecular weight excluding hydrogens is 202 g/mol. The molecule has 0 bridgehead atoms. The van der Waals surface area contributed by atoms with Crippen LogP contribution in [0.1, 0.15) is 19.3 Å². The van der Waals surface area contributed by atoms with E-state index in [1.54, 1.807) is 0 Å². The number of nitrogens with zero attached hydrogens (tertiary/aromatic N) is 1. The number of likely N-dealkylation sites (tertiary alicyclic amines) is 1. The minimum absolute atomic E-state index is 0.0458. The number of aldehydes is 1. The number of carboxylic acids is 1. The second kappa shape index (κ2) is 4.29. The molecule has 6 heteroatoms. The van der Waals surface area contributed by atoms with Crippen LogP contribution < -0.4 is 0 Å². The van der Waals surface area contributed by atoms with Crippen molar-refractivity contribution >= 4 is 18.3 Å².